The summed E-state index contributed by atoms with van der Waals surface area (Å²) in [6.07, 6.45) is -1.20. The number of aryl methyl sites for hydroxylation is 6. The van der Waals surface area contributed by atoms with E-state index in [-0.39, 0.29) is 36.6 Å². The number of ether oxygens (including phenoxy) is 2. The van der Waals surface area contributed by atoms with Gasteiger partial charge in [0, 0.05) is 87.4 Å². The third-order valence-electron chi connectivity index (χ3n) is 12.9. The Labute approximate surface area is 415 Å². The van der Waals surface area contributed by atoms with Gasteiger partial charge < -0.3 is 30.3 Å². The molecule has 2 amide bonds. The molecule has 0 bridgehead atoms. The van der Waals surface area contributed by atoms with Gasteiger partial charge in [-0.25, -0.2) is 9.97 Å². The van der Waals surface area contributed by atoms with Crippen molar-refractivity contribution in [1.82, 2.24) is 29.6 Å². The number of anilines is 2. The average molecular weight is 979 g/mol. The molecule has 4 N–H and O–H groups in total. The highest BCUT2D eigenvalue weighted by Crippen LogP contribution is 2.28. The summed E-state index contributed by atoms with van der Waals surface area (Å²) < 4.78 is 14.0. The first kappa shape index (κ1) is 51.8. The molecule has 370 valence electrons. The van der Waals surface area contributed by atoms with E-state index < -0.39 is 12.2 Å². The van der Waals surface area contributed by atoms with Crippen LogP contribution < -0.4 is 20.1 Å². The van der Waals surface area contributed by atoms with E-state index in [1.165, 1.54) is 0 Å². The maximum absolute atomic E-state index is 12.7. The van der Waals surface area contributed by atoms with Gasteiger partial charge in [-0.15, -0.1) is 22.7 Å². The van der Waals surface area contributed by atoms with Crippen LogP contribution in [0.1, 0.15) is 53.0 Å². The summed E-state index contributed by atoms with van der Waals surface area (Å²) in [6, 6.07) is 24.0. The van der Waals surface area contributed by atoms with Crippen LogP contribution in [0, 0.1) is 41.5 Å². The number of thiazole rings is 2. The first-order valence-corrected chi connectivity index (χ1v) is 25.5. The van der Waals surface area contributed by atoms with Gasteiger partial charge in [0.05, 0.1) is 43.5 Å². The molecule has 69 heavy (non-hydrogen) atoms. The minimum absolute atomic E-state index is 0.00681. The van der Waals surface area contributed by atoms with E-state index in [0.29, 0.717) is 26.2 Å². The van der Waals surface area contributed by atoms with Crippen molar-refractivity contribution in [2.24, 2.45) is 0 Å². The summed E-state index contributed by atoms with van der Waals surface area (Å²) in [4.78, 5) is 43.3. The lowest BCUT2D eigenvalue weighted by Gasteiger charge is -2.47. The fourth-order valence-corrected chi connectivity index (χ4v) is 10.9. The Morgan fingerprint density at radius 2 is 1.14 bits per heavy atom. The zero-order chi connectivity index (χ0) is 49.4. The molecule has 0 radical (unpaired) electrons. The Kier molecular flexibility index (Phi) is 17.5. The van der Waals surface area contributed by atoms with Crippen LogP contribution in [0.4, 0.5) is 11.4 Å². The molecule has 0 unspecified atom stereocenters. The summed E-state index contributed by atoms with van der Waals surface area (Å²) in [5.74, 6) is 1.47. The Morgan fingerprint density at radius 3 is 1.62 bits per heavy atom. The van der Waals surface area contributed by atoms with E-state index in [4.69, 9.17) is 9.47 Å². The van der Waals surface area contributed by atoms with Crippen molar-refractivity contribution in [3.05, 3.63) is 105 Å². The van der Waals surface area contributed by atoms with Crippen LogP contribution in [-0.2, 0) is 9.59 Å². The number of aliphatic hydroxyl groups is 2. The zero-order valence-electron chi connectivity index (χ0n) is 41.7. The van der Waals surface area contributed by atoms with Crippen LogP contribution in [0.5, 0.6) is 11.5 Å². The highest BCUT2D eigenvalue weighted by molar-refractivity contribution is 7.18. The number of carbonyl (C=O) groups is 2. The number of β-amino-alcohol motifs (C(OH)–C–C–N with tert-alkyl or cyclic N) is 2. The minimum Gasteiger partial charge on any atom is -0.491 e. The third-order valence-corrected chi connectivity index (χ3v) is 14.8. The second-order valence-electron chi connectivity index (χ2n) is 19.3. The molecule has 0 spiro atoms. The molecular formula is C53H70N8O6S2. The van der Waals surface area contributed by atoms with Gasteiger partial charge in [-0.2, -0.15) is 0 Å². The number of piperazine rings is 2. The lowest BCUT2D eigenvalue weighted by atomic mass is 9.98. The number of para-hydroxylation sites is 2. The molecule has 2 fully saturated rings. The van der Waals surface area contributed by atoms with Crippen LogP contribution in [-0.4, -0.2) is 154 Å². The highest BCUT2D eigenvalue weighted by atomic mass is 32.1. The van der Waals surface area contributed by atoms with E-state index in [1.807, 2.05) is 114 Å². The smallest absolute Gasteiger partial charge is 0.238 e. The lowest BCUT2D eigenvalue weighted by molar-refractivity contribution is -0.119. The van der Waals surface area contributed by atoms with Gasteiger partial charge in [0.1, 0.15) is 36.9 Å². The number of hydrogen-bond donors (Lipinski definition) is 4. The van der Waals surface area contributed by atoms with E-state index in [1.54, 1.807) is 22.7 Å². The quantitative estimate of drug-likeness (QED) is 0.0755. The summed E-state index contributed by atoms with van der Waals surface area (Å²) in [5.41, 5.74) is 7.79. The first-order valence-electron chi connectivity index (χ1n) is 23.9. The normalized spacial score (nSPS) is 17.8. The van der Waals surface area contributed by atoms with Crippen LogP contribution in [0.25, 0.3) is 20.4 Å². The molecule has 4 heterocycles. The predicted molar refractivity (Wildman–Crippen MR) is 280 cm³/mol. The Balaban J connectivity index is 0.000000204. The second-order valence-corrected chi connectivity index (χ2v) is 21.8. The molecule has 0 aliphatic carbocycles. The van der Waals surface area contributed by atoms with Crippen molar-refractivity contribution in [1.29, 1.82) is 0 Å². The highest BCUT2D eigenvalue weighted by Gasteiger charge is 2.35. The van der Waals surface area contributed by atoms with Crippen LogP contribution in [0.3, 0.4) is 0 Å². The standard InChI is InChI=1S/C27H36N4O3S.C26H34N4O3S/c1-18-7-6-8-19(2)26(18)29-25(33)15-30-11-12-31(27(4,5)17-30)14-21(32)16-34-22-9-10-24-23(13-22)28-20(3)35-24;1-17-6-5-7-18(2)26(17)28-25(32)15-29-10-11-30(19(3)13-29)14-21(31)16-33-22-8-9-24-23(12-22)27-20(4)34-24/h6-10,13,21,32H,11-12,14-17H2,1-5H3,(H,29,33);5-9,12,19,21,31H,10-11,13-16H2,1-4H3,(H,28,32)/t21-;19-,21-/m00/s1. The number of hydrogen-bond acceptors (Lipinski definition) is 14. The lowest BCUT2D eigenvalue weighted by Crippen LogP contribution is -2.61. The maximum Gasteiger partial charge on any atom is 0.238 e. The Morgan fingerprint density at radius 1 is 0.681 bits per heavy atom. The summed E-state index contributed by atoms with van der Waals surface area (Å²) in [5, 5.41) is 29.5. The van der Waals surface area contributed by atoms with Crippen LogP contribution in [0.15, 0.2) is 72.8 Å². The number of nitrogens with one attached hydrogen (secondary N) is 2. The molecule has 2 aliphatic rings. The van der Waals surface area contributed by atoms with Gasteiger partial charge in [-0.3, -0.25) is 29.2 Å². The topological polar surface area (TPSA) is 156 Å². The summed E-state index contributed by atoms with van der Waals surface area (Å²) in [6.45, 7) is 25.4. The molecule has 2 aliphatic heterocycles. The summed E-state index contributed by atoms with van der Waals surface area (Å²) in [7, 11) is 0. The van der Waals surface area contributed by atoms with Gasteiger partial charge in [0.15, 0.2) is 0 Å². The molecular weight excluding hydrogens is 909 g/mol. The fraction of sp³-hybridized carbons (Fsp3) is 0.472. The number of amides is 2. The van der Waals surface area contributed by atoms with Crippen LogP contribution in [0.2, 0.25) is 0 Å². The minimum atomic E-state index is -0.610. The Bertz CT molecular complexity index is 2670. The number of carbonyl (C=O) groups excluding carboxylic acids is 2. The van der Waals surface area contributed by atoms with Crippen molar-refractivity contribution in [2.45, 2.75) is 86.1 Å². The molecule has 6 aromatic rings. The molecule has 2 aromatic heterocycles. The predicted octanol–water partition coefficient (Wildman–Crippen LogP) is 7.60. The maximum atomic E-state index is 12.7. The molecule has 14 nitrogen and oxygen atoms in total. The van der Waals surface area contributed by atoms with E-state index in [9.17, 15) is 19.8 Å². The van der Waals surface area contributed by atoms with E-state index in [0.717, 1.165) is 115 Å². The van der Waals surface area contributed by atoms with Crippen molar-refractivity contribution in [2.75, 3.05) is 89.3 Å². The molecule has 8 rings (SSSR count). The van der Waals surface area contributed by atoms with E-state index in [2.05, 4.69) is 61.0 Å². The molecule has 3 atom stereocenters. The number of aliphatic hydroxyl groups excluding tert-OH is 2. The zero-order valence-corrected chi connectivity index (χ0v) is 43.3. The van der Waals surface area contributed by atoms with Crippen LogP contribution >= 0.6 is 22.7 Å². The molecule has 0 saturated carbocycles. The third kappa shape index (κ3) is 14.3. The van der Waals surface area contributed by atoms with Gasteiger partial charge in [-0.05, 0) is 109 Å². The van der Waals surface area contributed by atoms with Crippen molar-refractivity contribution in [3.63, 3.8) is 0 Å². The van der Waals surface area contributed by atoms with E-state index >= 15 is 0 Å². The largest absolute Gasteiger partial charge is 0.491 e. The average Bonchev–Trinajstić information content (AvgIpc) is 3.86. The van der Waals surface area contributed by atoms with Crippen molar-refractivity contribution in [3.8, 4) is 11.5 Å². The fourth-order valence-electron chi connectivity index (χ4n) is 9.28. The van der Waals surface area contributed by atoms with Gasteiger partial charge in [-0.1, -0.05) is 36.4 Å². The molecule has 4 aromatic carbocycles. The van der Waals surface area contributed by atoms with Gasteiger partial charge in [0.2, 0.25) is 11.8 Å². The summed E-state index contributed by atoms with van der Waals surface area (Å²) >= 11 is 3.32. The monoisotopic (exact) mass is 978 g/mol. The van der Waals surface area contributed by atoms with Crippen molar-refractivity contribution < 1.29 is 29.3 Å². The number of benzene rings is 4. The number of rotatable bonds is 16. The number of nitrogens with zero attached hydrogens (tertiary/aromatic N) is 6. The molecule has 16 heteroatoms. The van der Waals surface area contributed by atoms with Gasteiger partial charge in [0.25, 0.3) is 0 Å². The molecule has 2 saturated heterocycles. The Hall–Kier alpha value is -5.04. The first-order chi connectivity index (χ1) is 32.9. The van der Waals surface area contributed by atoms with Crippen molar-refractivity contribution >= 4 is 66.3 Å². The van der Waals surface area contributed by atoms with Gasteiger partial charge >= 0.3 is 0 Å². The number of aromatic nitrogens is 2. The number of fused-ring (bicyclic) bond motifs is 2. The second kappa shape index (κ2) is 23.3. The SMILES string of the molecule is Cc1nc2cc(OC[C@@H](O)CN3CCN(CC(=O)Nc4c(C)cccc4C)CC3(C)C)ccc2s1.Cc1nc2cc(OC[C@@H](O)CN3CCN(CC(=O)Nc4c(C)cccc4C)C[C@@H]3C)ccc2s1.